The van der Waals surface area contributed by atoms with E-state index in [2.05, 4.69) is 18.9 Å². The van der Waals surface area contributed by atoms with Gasteiger partial charge < -0.3 is 101 Å². The number of hydrogen-bond acceptors (Lipinski definition) is 24. The minimum atomic E-state index is -1.48. The van der Waals surface area contributed by atoms with Crippen molar-refractivity contribution in [3.8, 4) is 0 Å². The summed E-state index contributed by atoms with van der Waals surface area (Å²) in [5.41, 5.74) is 0. The first-order valence-electron chi connectivity index (χ1n) is 12.8. The van der Waals surface area contributed by atoms with E-state index in [0.29, 0.717) is 0 Å². The third-order valence-electron chi connectivity index (χ3n) is 5.88. The Hall–Kier alpha value is -3.34. The Morgan fingerprint density at radius 3 is 0.820 bits per heavy atom. The standard InChI is InChI=1S/4C6H8O6.Au.Na/c4*7-1-2(8)5-3(9)4(10)6(11)12-5;;/h4*2,5,7-10H,1H2;;/q;;;;;+1/p-1/t4*2-,5+;;/m0000../s1. The van der Waals surface area contributed by atoms with Crippen LogP contribution in [0.15, 0.2) is 46.1 Å². The van der Waals surface area contributed by atoms with Gasteiger partial charge in [-0.25, -0.2) is 19.2 Å². The molecule has 283 valence electrons. The molecule has 0 saturated heterocycles. The average Bonchev–Trinajstić information content (AvgIpc) is 3.70. The average molecular weight is 923 g/mol. The van der Waals surface area contributed by atoms with Crippen molar-refractivity contribution in [2.75, 3.05) is 26.4 Å². The van der Waals surface area contributed by atoms with Gasteiger partial charge in [-0.1, -0.05) is 0 Å². The molecule has 0 aliphatic carbocycles. The molecule has 24 nitrogen and oxygen atoms in total. The monoisotopic (exact) mass is 923 g/mol. The summed E-state index contributed by atoms with van der Waals surface area (Å²) in [5.74, 6) is -11.5. The van der Waals surface area contributed by atoms with E-state index in [1.54, 1.807) is 0 Å². The fourth-order valence-electron chi connectivity index (χ4n) is 3.28. The van der Waals surface area contributed by atoms with Crippen LogP contribution >= 0.6 is 0 Å². The molecule has 4 aliphatic heterocycles. The number of esters is 4. The van der Waals surface area contributed by atoms with Crippen molar-refractivity contribution >= 4 is 23.9 Å². The molecule has 0 amide bonds. The largest absolute Gasteiger partial charge is 1.00 e. The number of cyclic esters (lactones) is 4. The SMILES string of the molecule is O=C1O[C@H]([C@@H](O)CO)C(O)=C1O.O=C1O[C@H]([C@@H](O)CO)C(O)=C1O.O=C1O[C@H]([C@@H](O)CO)C(O)=C1O.O=C1O[C@H]([C@@H](O)CO)C([O-])=C1O.[Au].[Na+]. The Kier molecular flexibility index (Phi) is 21.2. The number of hydrogen-bond donors (Lipinski definition) is 15. The molecule has 0 bridgehead atoms. The molecule has 0 aromatic heterocycles. The van der Waals surface area contributed by atoms with Gasteiger partial charge in [0.2, 0.25) is 17.3 Å². The zero-order valence-electron chi connectivity index (χ0n) is 25.1. The Balaban J connectivity index is 0. The third-order valence-corrected chi connectivity index (χ3v) is 5.88. The summed E-state index contributed by atoms with van der Waals surface area (Å²) in [6, 6.07) is 0. The first-order chi connectivity index (χ1) is 22.3. The van der Waals surface area contributed by atoms with E-state index >= 15 is 0 Å². The second-order valence-electron chi connectivity index (χ2n) is 9.22. The summed E-state index contributed by atoms with van der Waals surface area (Å²) in [7, 11) is 0. The van der Waals surface area contributed by atoms with Gasteiger partial charge in [-0.05, 0) is 5.76 Å². The molecule has 15 N–H and O–H groups in total. The van der Waals surface area contributed by atoms with E-state index in [4.69, 9.17) is 76.6 Å². The fraction of sp³-hybridized carbons (Fsp3) is 0.500. The molecule has 4 aliphatic rings. The van der Waals surface area contributed by atoms with Crippen LogP contribution in [0.4, 0.5) is 0 Å². The Morgan fingerprint density at radius 2 is 0.660 bits per heavy atom. The van der Waals surface area contributed by atoms with Crippen LogP contribution < -0.4 is 34.7 Å². The number of ether oxygens (including phenoxy) is 4. The minimum Gasteiger partial charge on any atom is -0.870 e. The van der Waals surface area contributed by atoms with Gasteiger partial charge in [0.1, 0.15) is 30.5 Å². The second kappa shape index (κ2) is 21.8. The number of carbonyl (C=O) groups excluding carboxylic acids is 4. The molecule has 0 aromatic carbocycles. The summed E-state index contributed by atoms with van der Waals surface area (Å²) in [4.78, 5) is 42.1. The van der Waals surface area contributed by atoms with Crippen molar-refractivity contribution in [1.82, 2.24) is 0 Å². The van der Waals surface area contributed by atoms with Crippen LogP contribution in [-0.4, -0.2) is 176 Å². The maximum Gasteiger partial charge on any atom is 1.00 e. The maximum absolute atomic E-state index is 10.8. The van der Waals surface area contributed by atoms with E-state index in [1.807, 2.05) is 0 Å². The summed E-state index contributed by atoms with van der Waals surface area (Å²) in [5, 5.41) is 142. The van der Waals surface area contributed by atoms with E-state index in [1.165, 1.54) is 0 Å². The molecular weight excluding hydrogens is 892 g/mol. The first kappa shape index (κ1) is 48.8. The van der Waals surface area contributed by atoms with Crippen molar-refractivity contribution in [2.24, 2.45) is 0 Å². The van der Waals surface area contributed by atoms with Crippen molar-refractivity contribution in [2.45, 2.75) is 48.8 Å². The molecule has 26 heteroatoms. The van der Waals surface area contributed by atoms with Crippen LogP contribution in [0.1, 0.15) is 0 Å². The van der Waals surface area contributed by atoms with Crippen LogP contribution in [0.5, 0.6) is 0 Å². The molecule has 0 aromatic rings. The van der Waals surface area contributed by atoms with Gasteiger partial charge in [0, 0.05) is 22.4 Å². The second-order valence-corrected chi connectivity index (χ2v) is 9.22. The predicted molar refractivity (Wildman–Crippen MR) is 138 cm³/mol. The summed E-state index contributed by atoms with van der Waals surface area (Å²) in [6.07, 6.45) is -11.3. The van der Waals surface area contributed by atoms with Crippen LogP contribution in [-0.2, 0) is 60.5 Å². The van der Waals surface area contributed by atoms with Gasteiger partial charge in [0.05, 0.1) is 26.4 Å². The summed E-state index contributed by atoms with van der Waals surface area (Å²) >= 11 is 0. The predicted octanol–water partition coefficient (Wildman–Crippen LogP) is -9.83. The van der Waals surface area contributed by atoms with Gasteiger partial charge in [-0.2, -0.15) is 0 Å². The molecule has 0 unspecified atom stereocenters. The van der Waals surface area contributed by atoms with Gasteiger partial charge in [0.25, 0.3) is 0 Å². The zero-order chi connectivity index (χ0) is 37.2. The van der Waals surface area contributed by atoms with Crippen molar-refractivity contribution in [3.63, 3.8) is 0 Å². The molecule has 0 saturated carbocycles. The molecule has 8 atom stereocenters. The third kappa shape index (κ3) is 11.9. The fourth-order valence-corrected chi connectivity index (χ4v) is 3.28. The topological polar surface area (TPSA) is 432 Å². The number of rotatable bonds is 8. The quantitative estimate of drug-likeness (QED) is 0.0610. The molecule has 50 heavy (non-hydrogen) atoms. The van der Waals surface area contributed by atoms with Crippen molar-refractivity contribution in [3.05, 3.63) is 46.1 Å². The normalized spacial score (nSPS) is 24.8. The van der Waals surface area contributed by atoms with Crippen molar-refractivity contribution in [1.29, 1.82) is 0 Å². The molecule has 0 fully saturated rings. The number of carbonyl (C=O) groups is 4. The van der Waals surface area contributed by atoms with Crippen molar-refractivity contribution < 1.29 is 172 Å². The van der Waals surface area contributed by atoms with E-state index in [9.17, 15) is 24.3 Å². The van der Waals surface area contributed by atoms with E-state index in [0.717, 1.165) is 0 Å². The minimum absolute atomic E-state index is 0. The summed E-state index contributed by atoms with van der Waals surface area (Å²) < 4.78 is 17.2. The number of aliphatic hydroxyl groups excluding tert-OH is 15. The first-order valence-corrected chi connectivity index (χ1v) is 12.8. The van der Waals surface area contributed by atoms with Gasteiger partial charge in [-0.15, -0.1) is 0 Å². The zero-order valence-corrected chi connectivity index (χ0v) is 29.3. The molecule has 0 spiro atoms. The Labute approximate surface area is 315 Å². The maximum atomic E-state index is 10.8. The summed E-state index contributed by atoms with van der Waals surface area (Å²) in [6.45, 7) is -2.73. The van der Waals surface area contributed by atoms with Crippen LogP contribution in [0.3, 0.4) is 0 Å². The van der Waals surface area contributed by atoms with E-state index in [-0.39, 0.29) is 51.9 Å². The molecule has 4 rings (SSSR count). The van der Waals surface area contributed by atoms with Gasteiger partial charge in [-0.3, -0.25) is 0 Å². The van der Waals surface area contributed by atoms with Crippen LogP contribution in [0.2, 0.25) is 0 Å². The molecular formula is C24H31AuNaO24. The Bertz CT molecular complexity index is 1140. The molecule has 1 radical (unpaired) electrons. The van der Waals surface area contributed by atoms with Gasteiger partial charge in [0.15, 0.2) is 41.3 Å². The smallest absolute Gasteiger partial charge is 0.870 e. The number of aliphatic hydroxyl groups is 15. The molecule has 4 heterocycles. The Morgan fingerprint density at radius 1 is 0.460 bits per heavy atom. The van der Waals surface area contributed by atoms with Crippen LogP contribution in [0, 0.1) is 0 Å². The van der Waals surface area contributed by atoms with Crippen LogP contribution in [0.25, 0.3) is 0 Å². The van der Waals surface area contributed by atoms with Gasteiger partial charge >= 0.3 is 53.4 Å². The van der Waals surface area contributed by atoms with E-state index < -0.39 is 145 Å².